The Balaban J connectivity index is 1.67. The molecule has 1 saturated carbocycles. The third kappa shape index (κ3) is 4.14. The lowest BCUT2D eigenvalue weighted by Gasteiger charge is -2.29. The summed E-state index contributed by atoms with van der Waals surface area (Å²) in [5, 5.41) is 3.13. The van der Waals surface area contributed by atoms with Crippen molar-refractivity contribution in [3.63, 3.8) is 0 Å². The first-order valence-corrected chi connectivity index (χ1v) is 9.31. The third-order valence-electron chi connectivity index (χ3n) is 4.76. The van der Waals surface area contributed by atoms with Crippen LogP contribution in [0.25, 0.3) is 0 Å². The van der Waals surface area contributed by atoms with Crippen LogP contribution in [0.2, 0.25) is 0 Å². The summed E-state index contributed by atoms with van der Waals surface area (Å²) in [6, 6.07) is 6.16. The minimum atomic E-state index is -0.0407. The summed E-state index contributed by atoms with van der Waals surface area (Å²) in [6.45, 7) is 0.129. The van der Waals surface area contributed by atoms with Crippen molar-refractivity contribution in [1.29, 1.82) is 0 Å². The van der Waals surface area contributed by atoms with Gasteiger partial charge in [-0.05, 0) is 43.0 Å². The molecule has 1 aromatic carbocycles. The number of rotatable bonds is 3. The molecule has 1 aliphatic heterocycles. The Hall–Kier alpha value is -1.36. The summed E-state index contributed by atoms with van der Waals surface area (Å²) in [6.07, 6.45) is 8.23. The molecule has 4 nitrogen and oxygen atoms in total. The van der Waals surface area contributed by atoms with Crippen molar-refractivity contribution in [3.8, 4) is 0 Å². The normalized spacial score (nSPS) is 19.2. The van der Waals surface area contributed by atoms with Gasteiger partial charge in [0.2, 0.25) is 11.8 Å². The Bertz CT molecular complexity index is 595. The molecule has 1 aliphatic carbocycles. The average molecular weight is 379 g/mol. The lowest BCUT2D eigenvalue weighted by Crippen LogP contribution is -2.45. The lowest BCUT2D eigenvalue weighted by atomic mass is 10.0. The van der Waals surface area contributed by atoms with E-state index in [0.29, 0.717) is 6.42 Å². The van der Waals surface area contributed by atoms with E-state index >= 15 is 0 Å². The Kier molecular flexibility index (Phi) is 5.36. The van der Waals surface area contributed by atoms with Gasteiger partial charge in [-0.25, -0.2) is 0 Å². The number of benzene rings is 1. The van der Waals surface area contributed by atoms with Gasteiger partial charge in [-0.1, -0.05) is 41.6 Å². The minimum Gasteiger partial charge on any atom is -0.352 e. The molecule has 0 saturated heterocycles. The number of aryl methyl sites for hydroxylation is 1. The number of nitrogens with one attached hydrogen (secondary N) is 1. The maximum atomic E-state index is 12.4. The number of amides is 2. The molecule has 0 bridgehead atoms. The van der Waals surface area contributed by atoms with Crippen molar-refractivity contribution < 1.29 is 9.59 Å². The van der Waals surface area contributed by atoms with Crippen LogP contribution in [0.1, 0.15) is 50.5 Å². The van der Waals surface area contributed by atoms with Crippen LogP contribution in [0.15, 0.2) is 22.7 Å². The third-order valence-corrected chi connectivity index (χ3v) is 5.26. The Morgan fingerprint density at radius 1 is 1.17 bits per heavy atom. The van der Waals surface area contributed by atoms with Crippen LogP contribution in [0.5, 0.6) is 0 Å². The smallest absolute Gasteiger partial charge is 0.240 e. The van der Waals surface area contributed by atoms with Gasteiger partial charge in [-0.3, -0.25) is 9.59 Å². The van der Waals surface area contributed by atoms with E-state index in [-0.39, 0.29) is 24.4 Å². The highest BCUT2D eigenvalue weighted by Crippen LogP contribution is 2.30. The predicted molar refractivity (Wildman–Crippen MR) is 94.4 cm³/mol. The van der Waals surface area contributed by atoms with E-state index in [9.17, 15) is 9.59 Å². The quantitative estimate of drug-likeness (QED) is 0.817. The molecule has 2 amide bonds. The molecule has 2 aliphatic rings. The molecule has 0 unspecified atom stereocenters. The van der Waals surface area contributed by atoms with Crippen LogP contribution < -0.4 is 10.2 Å². The minimum absolute atomic E-state index is 0.0378. The Morgan fingerprint density at radius 2 is 1.91 bits per heavy atom. The van der Waals surface area contributed by atoms with Gasteiger partial charge in [-0.2, -0.15) is 0 Å². The van der Waals surface area contributed by atoms with E-state index in [2.05, 4.69) is 21.2 Å². The van der Waals surface area contributed by atoms with E-state index in [1.54, 1.807) is 4.90 Å². The zero-order valence-electron chi connectivity index (χ0n) is 13.3. The number of hydrogen-bond acceptors (Lipinski definition) is 2. The van der Waals surface area contributed by atoms with Crippen molar-refractivity contribution in [2.75, 3.05) is 11.4 Å². The van der Waals surface area contributed by atoms with Gasteiger partial charge in [0, 0.05) is 22.6 Å². The van der Waals surface area contributed by atoms with Crippen LogP contribution >= 0.6 is 15.9 Å². The highest BCUT2D eigenvalue weighted by atomic mass is 79.9. The molecule has 1 aromatic rings. The molecule has 3 rings (SSSR count). The highest BCUT2D eigenvalue weighted by molar-refractivity contribution is 9.10. The molecule has 1 heterocycles. The molecule has 124 valence electrons. The van der Waals surface area contributed by atoms with Crippen molar-refractivity contribution in [3.05, 3.63) is 28.2 Å². The average Bonchev–Trinajstić information content (AvgIpc) is 2.79. The van der Waals surface area contributed by atoms with E-state index in [1.165, 1.54) is 25.7 Å². The summed E-state index contributed by atoms with van der Waals surface area (Å²) in [5.74, 6) is -0.00291. The molecule has 0 atom stereocenters. The van der Waals surface area contributed by atoms with Gasteiger partial charge in [-0.15, -0.1) is 0 Å². The van der Waals surface area contributed by atoms with Crippen LogP contribution in [0.4, 0.5) is 5.69 Å². The molecule has 0 radical (unpaired) electrons. The molecule has 5 heteroatoms. The summed E-state index contributed by atoms with van der Waals surface area (Å²) < 4.78 is 1.01. The fourth-order valence-corrected chi connectivity index (χ4v) is 3.95. The van der Waals surface area contributed by atoms with Crippen LogP contribution in [0, 0.1) is 0 Å². The topological polar surface area (TPSA) is 49.4 Å². The maximum absolute atomic E-state index is 12.4. The molecule has 23 heavy (non-hydrogen) atoms. The first-order chi connectivity index (χ1) is 11.1. The zero-order valence-corrected chi connectivity index (χ0v) is 14.9. The fraction of sp³-hybridized carbons (Fsp3) is 0.556. The van der Waals surface area contributed by atoms with Crippen molar-refractivity contribution in [2.45, 2.75) is 57.4 Å². The van der Waals surface area contributed by atoms with Gasteiger partial charge in [0.15, 0.2) is 0 Å². The highest BCUT2D eigenvalue weighted by Gasteiger charge is 2.26. The molecule has 1 fully saturated rings. The van der Waals surface area contributed by atoms with Gasteiger partial charge in [0.05, 0.1) is 0 Å². The van der Waals surface area contributed by atoms with Crippen molar-refractivity contribution >= 4 is 33.4 Å². The number of anilines is 1. The Morgan fingerprint density at radius 3 is 2.65 bits per heavy atom. The lowest BCUT2D eigenvalue weighted by molar-refractivity contribution is -0.124. The van der Waals surface area contributed by atoms with Crippen LogP contribution in [-0.2, 0) is 16.0 Å². The van der Waals surface area contributed by atoms with Gasteiger partial charge in [0.25, 0.3) is 0 Å². The van der Waals surface area contributed by atoms with E-state index in [4.69, 9.17) is 0 Å². The van der Waals surface area contributed by atoms with Crippen molar-refractivity contribution in [1.82, 2.24) is 5.32 Å². The van der Waals surface area contributed by atoms with E-state index in [0.717, 1.165) is 35.0 Å². The molecule has 0 spiro atoms. The first-order valence-electron chi connectivity index (χ1n) is 8.51. The molecule has 0 aromatic heterocycles. The number of hydrogen-bond donors (Lipinski definition) is 1. The second kappa shape index (κ2) is 7.47. The molecule has 1 N–H and O–H groups in total. The summed E-state index contributed by atoms with van der Waals surface area (Å²) >= 11 is 3.47. The summed E-state index contributed by atoms with van der Waals surface area (Å²) in [4.78, 5) is 26.3. The van der Waals surface area contributed by atoms with E-state index in [1.807, 2.05) is 18.2 Å². The summed E-state index contributed by atoms with van der Waals surface area (Å²) in [7, 11) is 0. The number of carbonyl (C=O) groups is 2. The van der Waals surface area contributed by atoms with Crippen LogP contribution in [0.3, 0.4) is 0 Å². The largest absolute Gasteiger partial charge is 0.352 e. The molecular weight excluding hydrogens is 356 g/mol. The number of nitrogens with zero attached hydrogens (tertiary/aromatic N) is 1. The predicted octanol–water partition coefficient (Wildman–Crippen LogP) is 3.57. The first kappa shape index (κ1) is 16.5. The van der Waals surface area contributed by atoms with Gasteiger partial charge in [0.1, 0.15) is 6.54 Å². The fourth-order valence-electron chi connectivity index (χ4n) is 3.54. The number of carbonyl (C=O) groups excluding carboxylic acids is 2. The zero-order chi connectivity index (χ0) is 16.2. The molecular formula is C18H23BrN2O2. The van der Waals surface area contributed by atoms with Gasteiger partial charge >= 0.3 is 0 Å². The SMILES string of the molecule is O=C(CN1C(=O)CCc2cc(Br)ccc21)NC1CCCCCC1. The second-order valence-corrected chi connectivity index (χ2v) is 7.42. The van der Waals surface area contributed by atoms with Crippen LogP contribution in [-0.4, -0.2) is 24.4 Å². The maximum Gasteiger partial charge on any atom is 0.240 e. The van der Waals surface area contributed by atoms with E-state index < -0.39 is 0 Å². The second-order valence-electron chi connectivity index (χ2n) is 6.51. The van der Waals surface area contributed by atoms with Gasteiger partial charge < -0.3 is 10.2 Å². The number of fused-ring (bicyclic) bond motifs is 1. The van der Waals surface area contributed by atoms with Crippen molar-refractivity contribution in [2.24, 2.45) is 0 Å². The number of halogens is 1. The summed E-state index contributed by atoms with van der Waals surface area (Å²) in [5.41, 5.74) is 2.00. The standard InChI is InChI=1S/C18H23BrN2O2/c19-14-8-9-16-13(11-14)7-10-18(23)21(16)12-17(22)20-15-5-3-1-2-4-6-15/h8-9,11,15H,1-7,10,12H2,(H,20,22). The monoisotopic (exact) mass is 378 g/mol. The Labute approximate surface area is 145 Å².